The van der Waals surface area contributed by atoms with Crippen LogP contribution in [-0.4, -0.2) is 30.4 Å². The molecule has 1 aromatic carbocycles. The van der Waals surface area contributed by atoms with Gasteiger partial charge in [-0.15, -0.1) is 0 Å². The van der Waals surface area contributed by atoms with Crippen molar-refractivity contribution >= 4 is 11.7 Å². The van der Waals surface area contributed by atoms with Crippen molar-refractivity contribution in [3.05, 3.63) is 24.0 Å². The van der Waals surface area contributed by atoms with E-state index in [1.54, 1.807) is 19.9 Å². The maximum absolute atomic E-state index is 13.7. The van der Waals surface area contributed by atoms with Crippen LogP contribution in [0, 0.1) is 11.2 Å². The quantitative estimate of drug-likeness (QED) is 0.724. The molecule has 0 aliphatic carbocycles. The lowest BCUT2D eigenvalue weighted by atomic mass is 9.87. The number of halogens is 1. The number of carbonyl (C=O) groups is 1. The summed E-state index contributed by atoms with van der Waals surface area (Å²) in [5.41, 5.74) is 0.127. The van der Waals surface area contributed by atoms with Crippen LogP contribution in [0.25, 0.3) is 0 Å². The van der Waals surface area contributed by atoms with Crippen LogP contribution < -0.4 is 15.4 Å². The Morgan fingerprint density at radius 3 is 2.68 bits per heavy atom. The zero-order valence-corrected chi connectivity index (χ0v) is 13.6. The fourth-order valence-electron chi connectivity index (χ4n) is 2.22. The van der Waals surface area contributed by atoms with Gasteiger partial charge in [0.15, 0.2) is 11.6 Å². The summed E-state index contributed by atoms with van der Waals surface area (Å²) in [6.45, 7) is 8.18. The van der Waals surface area contributed by atoms with Gasteiger partial charge in [0.25, 0.3) is 0 Å². The minimum Gasteiger partial charge on any atom is -0.491 e. The first-order chi connectivity index (χ1) is 10.2. The molecule has 1 unspecified atom stereocenters. The summed E-state index contributed by atoms with van der Waals surface area (Å²) in [6.07, 6.45) is 0.144. The van der Waals surface area contributed by atoms with Crippen LogP contribution in [0.4, 0.5) is 14.9 Å². The molecular weight excluding hydrogens is 287 g/mol. The average molecular weight is 312 g/mol. The number of amides is 2. The topological polar surface area (TPSA) is 70.6 Å². The molecule has 0 radical (unpaired) electrons. The van der Waals surface area contributed by atoms with Crippen molar-refractivity contribution in [1.82, 2.24) is 5.32 Å². The highest BCUT2D eigenvalue weighted by molar-refractivity contribution is 5.89. The highest BCUT2D eigenvalue weighted by Crippen LogP contribution is 2.22. The fraction of sp³-hybridized carbons (Fsp3) is 0.562. The van der Waals surface area contributed by atoms with Gasteiger partial charge in [-0.05, 0) is 37.8 Å². The van der Waals surface area contributed by atoms with Crippen LogP contribution in [0.15, 0.2) is 18.2 Å². The van der Waals surface area contributed by atoms with E-state index >= 15 is 0 Å². The van der Waals surface area contributed by atoms with Crippen LogP contribution in [0.1, 0.15) is 34.1 Å². The molecule has 0 aromatic heterocycles. The molecule has 22 heavy (non-hydrogen) atoms. The first-order valence-corrected chi connectivity index (χ1v) is 7.39. The van der Waals surface area contributed by atoms with Crippen molar-refractivity contribution in [3.63, 3.8) is 0 Å². The SMILES string of the molecule is CCOc1ccc(NC(=O)NCC(C)(C)CC(C)O)cc1F. The standard InChI is InChI=1S/C16H25FN2O3/c1-5-22-14-7-6-12(8-13(14)17)19-15(21)18-10-16(3,4)9-11(2)20/h6-8,11,20H,5,9-10H2,1-4H3,(H2,18,19,21). The van der Waals surface area contributed by atoms with Gasteiger partial charge in [0.1, 0.15) is 0 Å². The first kappa shape index (κ1) is 18.2. The van der Waals surface area contributed by atoms with Gasteiger partial charge in [-0.3, -0.25) is 0 Å². The molecule has 0 saturated carbocycles. The van der Waals surface area contributed by atoms with Crippen LogP contribution >= 0.6 is 0 Å². The number of nitrogens with one attached hydrogen (secondary N) is 2. The molecule has 6 heteroatoms. The van der Waals surface area contributed by atoms with Crippen molar-refractivity contribution in [2.24, 2.45) is 5.41 Å². The van der Waals surface area contributed by atoms with Crippen molar-refractivity contribution in [2.75, 3.05) is 18.5 Å². The Balaban J connectivity index is 2.53. The number of anilines is 1. The third-order valence-corrected chi connectivity index (χ3v) is 3.07. The summed E-state index contributed by atoms with van der Waals surface area (Å²) < 4.78 is 18.8. The first-order valence-electron chi connectivity index (χ1n) is 7.39. The number of benzene rings is 1. The smallest absolute Gasteiger partial charge is 0.319 e. The third-order valence-electron chi connectivity index (χ3n) is 3.07. The maximum atomic E-state index is 13.7. The van der Waals surface area contributed by atoms with Crippen molar-refractivity contribution < 1.29 is 19.0 Å². The van der Waals surface area contributed by atoms with E-state index in [1.807, 2.05) is 13.8 Å². The summed E-state index contributed by atoms with van der Waals surface area (Å²) in [5.74, 6) is -0.361. The second-order valence-corrected chi connectivity index (χ2v) is 6.10. The Hall–Kier alpha value is -1.82. The molecule has 0 aliphatic heterocycles. The van der Waals surface area contributed by atoms with Gasteiger partial charge in [-0.2, -0.15) is 0 Å². The summed E-state index contributed by atoms with van der Waals surface area (Å²) in [7, 11) is 0. The lowest BCUT2D eigenvalue weighted by molar-refractivity contribution is 0.129. The summed E-state index contributed by atoms with van der Waals surface area (Å²) in [6, 6.07) is 3.86. The number of carbonyl (C=O) groups excluding carboxylic acids is 1. The molecule has 0 bridgehead atoms. The molecule has 0 saturated heterocycles. The number of rotatable bonds is 7. The second kappa shape index (κ2) is 7.98. The molecule has 1 aromatic rings. The molecule has 2 amide bonds. The number of aliphatic hydroxyl groups is 1. The van der Waals surface area contributed by atoms with Gasteiger partial charge in [-0.25, -0.2) is 9.18 Å². The van der Waals surface area contributed by atoms with E-state index in [2.05, 4.69) is 10.6 Å². The summed E-state index contributed by atoms with van der Waals surface area (Å²) in [5, 5.41) is 14.7. The highest BCUT2D eigenvalue weighted by atomic mass is 19.1. The Labute approximate surface area is 130 Å². The van der Waals surface area contributed by atoms with E-state index in [0.717, 1.165) is 0 Å². The molecule has 1 atom stereocenters. The third kappa shape index (κ3) is 6.30. The largest absolute Gasteiger partial charge is 0.491 e. The Kier molecular flexibility index (Phi) is 6.61. The minimum absolute atomic E-state index is 0.159. The van der Waals surface area contributed by atoms with E-state index < -0.39 is 18.0 Å². The molecule has 1 rings (SSSR count). The van der Waals surface area contributed by atoms with Crippen molar-refractivity contribution in [1.29, 1.82) is 0 Å². The Morgan fingerprint density at radius 2 is 2.14 bits per heavy atom. The van der Waals surface area contributed by atoms with Gasteiger partial charge in [0.2, 0.25) is 0 Å². The molecule has 0 spiro atoms. The lowest BCUT2D eigenvalue weighted by Crippen LogP contribution is -2.38. The fourth-order valence-corrected chi connectivity index (χ4v) is 2.22. The Morgan fingerprint density at radius 1 is 1.45 bits per heavy atom. The number of hydrogen-bond donors (Lipinski definition) is 3. The van der Waals surface area contributed by atoms with Crippen molar-refractivity contribution in [2.45, 2.75) is 40.2 Å². The van der Waals surface area contributed by atoms with Crippen LogP contribution in [0.3, 0.4) is 0 Å². The summed E-state index contributed by atoms with van der Waals surface area (Å²) >= 11 is 0. The van der Waals surface area contributed by atoms with Crippen molar-refractivity contribution in [3.8, 4) is 5.75 Å². The average Bonchev–Trinajstić information content (AvgIpc) is 2.38. The van der Waals surface area contributed by atoms with Gasteiger partial charge in [0, 0.05) is 18.3 Å². The van der Waals surface area contributed by atoms with Crippen LogP contribution in [0.2, 0.25) is 0 Å². The molecule has 124 valence electrons. The van der Waals surface area contributed by atoms with Gasteiger partial charge < -0.3 is 20.5 Å². The van der Waals surface area contributed by atoms with E-state index in [4.69, 9.17) is 4.74 Å². The Bertz CT molecular complexity index is 504. The van der Waals surface area contributed by atoms with E-state index in [-0.39, 0.29) is 11.2 Å². The highest BCUT2D eigenvalue weighted by Gasteiger charge is 2.21. The molecule has 5 nitrogen and oxygen atoms in total. The lowest BCUT2D eigenvalue weighted by Gasteiger charge is -2.26. The minimum atomic E-state index is -0.519. The predicted octanol–water partition coefficient (Wildman–Crippen LogP) is 3.14. The number of aliphatic hydroxyl groups excluding tert-OH is 1. The molecule has 3 N–H and O–H groups in total. The number of ether oxygens (including phenoxy) is 1. The zero-order valence-electron chi connectivity index (χ0n) is 13.6. The van der Waals surface area contributed by atoms with Gasteiger partial charge in [-0.1, -0.05) is 13.8 Å². The van der Waals surface area contributed by atoms with Gasteiger partial charge >= 0.3 is 6.03 Å². The molecule has 0 fully saturated rings. The van der Waals surface area contributed by atoms with Crippen LogP contribution in [0.5, 0.6) is 5.75 Å². The van der Waals surface area contributed by atoms with E-state index in [9.17, 15) is 14.3 Å². The number of hydrogen-bond acceptors (Lipinski definition) is 3. The number of urea groups is 1. The maximum Gasteiger partial charge on any atom is 0.319 e. The van der Waals surface area contributed by atoms with Crippen LogP contribution in [-0.2, 0) is 0 Å². The van der Waals surface area contributed by atoms with E-state index in [1.165, 1.54) is 12.1 Å². The molecular formula is C16H25FN2O3. The predicted molar refractivity (Wildman–Crippen MR) is 84.7 cm³/mol. The normalized spacial score (nSPS) is 12.6. The molecule has 0 aliphatic rings. The molecule has 0 heterocycles. The van der Waals surface area contributed by atoms with Gasteiger partial charge in [0.05, 0.1) is 12.7 Å². The van der Waals surface area contributed by atoms with E-state index in [0.29, 0.717) is 25.3 Å². The monoisotopic (exact) mass is 312 g/mol. The zero-order chi connectivity index (χ0) is 16.8. The summed E-state index contributed by atoms with van der Waals surface area (Å²) in [4.78, 5) is 11.8. The second-order valence-electron chi connectivity index (χ2n) is 6.10.